The van der Waals surface area contributed by atoms with Gasteiger partial charge in [-0.3, -0.25) is 10.1 Å². The molecule has 0 saturated carbocycles. The van der Waals surface area contributed by atoms with Gasteiger partial charge in [-0.15, -0.1) is 0 Å². The van der Waals surface area contributed by atoms with Crippen LogP contribution < -0.4 is 15.5 Å². The highest BCUT2D eigenvalue weighted by molar-refractivity contribution is 5.95. The molecule has 31 heavy (non-hydrogen) atoms. The van der Waals surface area contributed by atoms with E-state index in [1.165, 1.54) is 5.69 Å². The number of para-hydroxylation sites is 1. The van der Waals surface area contributed by atoms with Crippen LogP contribution in [0.4, 0.5) is 16.2 Å². The van der Waals surface area contributed by atoms with Crippen molar-refractivity contribution < 1.29 is 14.3 Å². The number of amides is 2. The zero-order chi connectivity index (χ0) is 22.4. The zero-order valence-corrected chi connectivity index (χ0v) is 18.8. The first-order valence-corrected chi connectivity index (χ1v) is 10.6. The van der Waals surface area contributed by atoms with Crippen molar-refractivity contribution in [2.24, 2.45) is 0 Å². The van der Waals surface area contributed by atoms with Gasteiger partial charge in [0.15, 0.2) is 0 Å². The topological polar surface area (TPSA) is 73.9 Å². The number of hydrogen-bond donors (Lipinski definition) is 2. The molecule has 0 unspecified atom stereocenters. The number of carbonyl (C=O) groups is 2. The molecule has 7 heteroatoms. The van der Waals surface area contributed by atoms with E-state index in [-0.39, 0.29) is 5.91 Å². The average molecular weight is 425 g/mol. The first-order chi connectivity index (χ1) is 14.7. The standard InChI is InChI=1S/C24H32N4O3/c1-24(2,3)31-23(30)26-20-11-9-18(10-12-20)22(29)25-17-19-7-5-6-8-21(19)28-15-13-27(4)14-16-28/h5-12H,13-17H2,1-4H3,(H,25,29)(H,26,30). The maximum absolute atomic E-state index is 12.6. The van der Waals surface area contributed by atoms with Gasteiger partial charge in [-0.25, -0.2) is 4.79 Å². The highest BCUT2D eigenvalue weighted by atomic mass is 16.6. The lowest BCUT2D eigenvalue weighted by molar-refractivity contribution is 0.0635. The molecule has 1 saturated heterocycles. The number of rotatable bonds is 5. The van der Waals surface area contributed by atoms with Crippen molar-refractivity contribution >= 4 is 23.4 Å². The van der Waals surface area contributed by atoms with E-state index in [2.05, 4.69) is 39.6 Å². The number of piperazine rings is 1. The Hall–Kier alpha value is -3.06. The molecule has 2 N–H and O–H groups in total. The maximum atomic E-state index is 12.6. The molecule has 2 aromatic carbocycles. The van der Waals surface area contributed by atoms with Gasteiger partial charge in [0.25, 0.3) is 5.91 Å². The molecule has 0 atom stereocenters. The van der Waals surface area contributed by atoms with Crippen molar-refractivity contribution in [3.05, 3.63) is 59.7 Å². The SMILES string of the molecule is CN1CCN(c2ccccc2CNC(=O)c2ccc(NC(=O)OC(C)(C)C)cc2)CC1. The van der Waals surface area contributed by atoms with Crippen LogP contribution in [0.15, 0.2) is 48.5 Å². The zero-order valence-electron chi connectivity index (χ0n) is 18.8. The molecule has 0 aromatic heterocycles. The summed E-state index contributed by atoms with van der Waals surface area (Å²) in [6.45, 7) is 9.90. The molecule has 1 aliphatic heterocycles. The van der Waals surface area contributed by atoms with Gasteiger partial charge in [0, 0.05) is 49.7 Å². The second-order valence-electron chi connectivity index (χ2n) is 8.81. The van der Waals surface area contributed by atoms with Gasteiger partial charge in [0.1, 0.15) is 5.60 Å². The average Bonchev–Trinajstić information content (AvgIpc) is 2.72. The van der Waals surface area contributed by atoms with Crippen LogP contribution in [0.3, 0.4) is 0 Å². The number of anilines is 2. The van der Waals surface area contributed by atoms with Gasteiger partial charge in [-0.2, -0.15) is 0 Å². The Morgan fingerprint density at radius 3 is 2.26 bits per heavy atom. The largest absolute Gasteiger partial charge is 0.444 e. The van der Waals surface area contributed by atoms with Gasteiger partial charge < -0.3 is 19.9 Å². The smallest absolute Gasteiger partial charge is 0.412 e. The molecule has 1 heterocycles. The summed E-state index contributed by atoms with van der Waals surface area (Å²) in [5.41, 5.74) is 2.82. The fraction of sp³-hybridized carbons (Fsp3) is 0.417. The molecule has 1 fully saturated rings. The van der Waals surface area contributed by atoms with Gasteiger partial charge in [-0.1, -0.05) is 18.2 Å². The summed E-state index contributed by atoms with van der Waals surface area (Å²) in [6.07, 6.45) is -0.523. The van der Waals surface area contributed by atoms with E-state index in [9.17, 15) is 9.59 Å². The number of ether oxygens (including phenoxy) is 1. The normalized spacial score (nSPS) is 14.8. The van der Waals surface area contributed by atoms with E-state index in [0.29, 0.717) is 17.8 Å². The summed E-state index contributed by atoms with van der Waals surface area (Å²) in [5, 5.41) is 5.67. The van der Waals surface area contributed by atoms with Crippen LogP contribution in [0.25, 0.3) is 0 Å². The molecule has 0 bridgehead atoms. The van der Waals surface area contributed by atoms with Crippen LogP contribution in [0.1, 0.15) is 36.7 Å². The number of likely N-dealkylation sites (N-methyl/N-ethyl adjacent to an activating group) is 1. The predicted octanol–water partition coefficient (Wildman–Crippen LogP) is 3.72. The first kappa shape index (κ1) is 22.6. The molecule has 166 valence electrons. The summed E-state index contributed by atoms with van der Waals surface area (Å²) in [5.74, 6) is -0.156. The number of benzene rings is 2. The third-order valence-corrected chi connectivity index (χ3v) is 5.07. The fourth-order valence-electron chi connectivity index (χ4n) is 3.42. The Kier molecular flexibility index (Phi) is 7.17. The number of nitrogens with zero attached hydrogens (tertiary/aromatic N) is 2. The van der Waals surface area contributed by atoms with Crippen molar-refractivity contribution in [1.29, 1.82) is 0 Å². The summed E-state index contributed by atoms with van der Waals surface area (Å²) >= 11 is 0. The van der Waals surface area contributed by atoms with Crippen molar-refractivity contribution in [1.82, 2.24) is 10.2 Å². The van der Waals surface area contributed by atoms with E-state index in [1.54, 1.807) is 24.3 Å². The van der Waals surface area contributed by atoms with Crippen molar-refractivity contribution in [2.75, 3.05) is 43.4 Å². The quantitative estimate of drug-likeness (QED) is 0.765. The summed E-state index contributed by atoms with van der Waals surface area (Å²) in [4.78, 5) is 29.2. The summed E-state index contributed by atoms with van der Waals surface area (Å²) < 4.78 is 5.24. The molecule has 7 nitrogen and oxygen atoms in total. The Balaban J connectivity index is 1.57. The van der Waals surface area contributed by atoms with Crippen LogP contribution in [-0.4, -0.2) is 55.7 Å². The molecule has 1 aliphatic rings. The van der Waals surface area contributed by atoms with Crippen LogP contribution in [0.5, 0.6) is 0 Å². The van der Waals surface area contributed by atoms with E-state index in [4.69, 9.17) is 4.74 Å². The Labute approximate surface area is 184 Å². The molecule has 2 aromatic rings. The van der Waals surface area contributed by atoms with Crippen molar-refractivity contribution in [3.8, 4) is 0 Å². The third-order valence-electron chi connectivity index (χ3n) is 5.07. The van der Waals surface area contributed by atoms with E-state index in [1.807, 2.05) is 32.9 Å². The minimum Gasteiger partial charge on any atom is -0.444 e. The lowest BCUT2D eigenvalue weighted by Crippen LogP contribution is -2.45. The third kappa shape index (κ3) is 6.72. The van der Waals surface area contributed by atoms with E-state index < -0.39 is 11.7 Å². The number of carbonyl (C=O) groups excluding carboxylic acids is 2. The molecule has 2 amide bonds. The van der Waals surface area contributed by atoms with Gasteiger partial charge in [0.2, 0.25) is 0 Å². The minimum atomic E-state index is -0.565. The van der Waals surface area contributed by atoms with Gasteiger partial charge >= 0.3 is 6.09 Å². The lowest BCUT2D eigenvalue weighted by atomic mass is 10.1. The summed E-state index contributed by atoms with van der Waals surface area (Å²) in [6, 6.07) is 15.0. The van der Waals surface area contributed by atoms with E-state index >= 15 is 0 Å². The number of hydrogen-bond acceptors (Lipinski definition) is 5. The Morgan fingerprint density at radius 2 is 1.61 bits per heavy atom. The predicted molar refractivity (Wildman–Crippen MR) is 124 cm³/mol. The molecular weight excluding hydrogens is 392 g/mol. The molecule has 3 rings (SSSR count). The monoisotopic (exact) mass is 424 g/mol. The van der Waals surface area contributed by atoms with Crippen LogP contribution in [0, 0.1) is 0 Å². The van der Waals surface area contributed by atoms with Crippen LogP contribution in [0.2, 0.25) is 0 Å². The van der Waals surface area contributed by atoms with Gasteiger partial charge in [0.05, 0.1) is 0 Å². The molecule has 0 aliphatic carbocycles. The van der Waals surface area contributed by atoms with Crippen molar-refractivity contribution in [3.63, 3.8) is 0 Å². The molecule has 0 spiro atoms. The fourth-order valence-corrected chi connectivity index (χ4v) is 3.42. The first-order valence-electron chi connectivity index (χ1n) is 10.6. The second kappa shape index (κ2) is 9.83. The minimum absolute atomic E-state index is 0.156. The van der Waals surface area contributed by atoms with Crippen LogP contribution >= 0.6 is 0 Å². The molecule has 0 radical (unpaired) electrons. The second-order valence-corrected chi connectivity index (χ2v) is 8.81. The molecular formula is C24H32N4O3. The summed E-state index contributed by atoms with van der Waals surface area (Å²) in [7, 11) is 2.14. The van der Waals surface area contributed by atoms with Gasteiger partial charge in [-0.05, 0) is 63.7 Å². The van der Waals surface area contributed by atoms with Crippen molar-refractivity contribution in [2.45, 2.75) is 32.9 Å². The highest BCUT2D eigenvalue weighted by Crippen LogP contribution is 2.22. The maximum Gasteiger partial charge on any atom is 0.412 e. The van der Waals surface area contributed by atoms with E-state index in [0.717, 1.165) is 31.7 Å². The number of nitrogens with one attached hydrogen (secondary N) is 2. The Bertz CT molecular complexity index is 898. The highest BCUT2D eigenvalue weighted by Gasteiger charge is 2.18. The lowest BCUT2D eigenvalue weighted by Gasteiger charge is -2.35. The van der Waals surface area contributed by atoms with Crippen LogP contribution in [-0.2, 0) is 11.3 Å². The Morgan fingerprint density at radius 1 is 0.968 bits per heavy atom.